The predicted octanol–water partition coefficient (Wildman–Crippen LogP) is 1.70. The van der Waals surface area contributed by atoms with Crippen LogP contribution in [0.5, 0.6) is 0 Å². The third-order valence-electron chi connectivity index (χ3n) is 2.61. The first kappa shape index (κ1) is 12.9. The van der Waals surface area contributed by atoms with Gasteiger partial charge in [0.05, 0.1) is 5.71 Å². The topological polar surface area (TPSA) is 83.0 Å². The normalized spacial score (nSPS) is 11.4. The first-order valence-electron chi connectivity index (χ1n) is 6.02. The van der Waals surface area contributed by atoms with Gasteiger partial charge in [0.2, 0.25) is 0 Å². The number of nitrogens with one attached hydrogen (secondary N) is 2. The highest BCUT2D eigenvalue weighted by atomic mass is 16.1. The van der Waals surface area contributed by atoms with Gasteiger partial charge in [0.15, 0.2) is 5.82 Å². The second-order valence-corrected chi connectivity index (χ2v) is 3.96. The summed E-state index contributed by atoms with van der Waals surface area (Å²) < 4.78 is 0. The van der Waals surface area contributed by atoms with Crippen molar-refractivity contribution in [2.45, 2.75) is 20.3 Å². The Morgan fingerprint density at radius 3 is 2.79 bits per heavy atom. The number of rotatable bonds is 4. The molecule has 0 amide bonds. The molecule has 6 nitrogen and oxygen atoms in total. The Morgan fingerprint density at radius 1 is 1.37 bits per heavy atom. The molecule has 0 atom stereocenters. The van der Waals surface area contributed by atoms with Crippen LogP contribution in [0, 0.1) is 6.92 Å². The number of hydrogen-bond donors (Lipinski definition) is 2. The minimum atomic E-state index is -0.499. The molecule has 2 rings (SSSR count). The second kappa shape index (κ2) is 5.90. The molecule has 0 saturated heterocycles. The number of aromatic nitrogens is 3. The molecule has 0 aliphatic carbocycles. The molecule has 0 bridgehead atoms. The fraction of sp³-hybridized carbons (Fsp3) is 0.231. The van der Waals surface area contributed by atoms with Crippen LogP contribution in [0.4, 0.5) is 5.82 Å². The molecule has 1 aromatic carbocycles. The van der Waals surface area contributed by atoms with Crippen molar-refractivity contribution < 1.29 is 0 Å². The van der Waals surface area contributed by atoms with Crippen LogP contribution in [0.25, 0.3) is 0 Å². The molecule has 1 aromatic heterocycles. The number of nitrogens with zero attached hydrogens (tertiary/aromatic N) is 3. The minimum Gasteiger partial charge on any atom is -0.259 e. The molecular formula is C13H15N5O. The first-order chi connectivity index (χ1) is 9.20. The molecule has 0 aliphatic rings. The number of aromatic amines is 1. The van der Waals surface area contributed by atoms with E-state index in [-0.39, 0.29) is 0 Å². The van der Waals surface area contributed by atoms with Crippen LogP contribution in [0.1, 0.15) is 24.6 Å². The van der Waals surface area contributed by atoms with Gasteiger partial charge in [-0.3, -0.25) is 5.43 Å². The lowest BCUT2D eigenvalue weighted by Crippen LogP contribution is -2.16. The van der Waals surface area contributed by atoms with Gasteiger partial charge >= 0.3 is 5.69 Å². The standard InChI is InChI=1S/C13H15N5O/c1-3-11(10-7-5-4-6-8-10)16-17-12-9(2)15-18-13(19)14-12/h4-8H,3H2,1-2H3,(H2,14,17,18,19)/b16-11-. The molecule has 0 spiro atoms. The average Bonchev–Trinajstić information content (AvgIpc) is 2.44. The van der Waals surface area contributed by atoms with E-state index < -0.39 is 5.69 Å². The molecule has 0 unspecified atom stereocenters. The quantitative estimate of drug-likeness (QED) is 0.645. The maximum atomic E-state index is 11.1. The highest BCUT2D eigenvalue weighted by Crippen LogP contribution is 2.07. The van der Waals surface area contributed by atoms with E-state index in [1.165, 1.54) is 0 Å². The minimum absolute atomic E-state index is 0.366. The Bertz CT molecular complexity index is 633. The van der Waals surface area contributed by atoms with Crippen molar-refractivity contribution >= 4 is 11.5 Å². The van der Waals surface area contributed by atoms with Gasteiger partial charge in [-0.15, -0.1) is 0 Å². The summed E-state index contributed by atoms with van der Waals surface area (Å²) in [6.07, 6.45) is 0.771. The van der Waals surface area contributed by atoms with Gasteiger partial charge in [-0.05, 0) is 18.9 Å². The fourth-order valence-corrected chi connectivity index (χ4v) is 1.60. The Morgan fingerprint density at radius 2 is 2.11 bits per heavy atom. The van der Waals surface area contributed by atoms with Gasteiger partial charge in [0.1, 0.15) is 5.69 Å². The zero-order valence-corrected chi connectivity index (χ0v) is 10.8. The first-order valence-corrected chi connectivity index (χ1v) is 6.02. The number of benzene rings is 1. The van der Waals surface area contributed by atoms with Crippen molar-refractivity contribution in [2.75, 3.05) is 5.43 Å². The number of anilines is 1. The summed E-state index contributed by atoms with van der Waals surface area (Å²) in [5, 5.41) is 10.4. The Kier molecular flexibility index (Phi) is 4.02. The van der Waals surface area contributed by atoms with E-state index in [1.54, 1.807) is 6.92 Å². The summed E-state index contributed by atoms with van der Waals surface area (Å²) in [6, 6.07) is 9.84. The second-order valence-electron chi connectivity index (χ2n) is 3.96. The average molecular weight is 257 g/mol. The van der Waals surface area contributed by atoms with Gasteiger partial charge in [0, 0.05) is 0 Å². The lowest BCUT2D eigenvalue weighted by molar-refractivity contribution is 0.878. The summed E-state index contributed by atoms with van der Waals surface area (Å²) in [6.45, 7) is 3.76. The van der Waals surface area contributed by atoms with Crippen molar-refractivity contribution in [3.63, 3.8) is 0 Å². The smallest absolute Gasteiger partial charge is 0.259 e. The van der Waals surface area contributed by atoms with Gasteiger partial charge in [0.25, 0.3) is 0 Å². The van der Waals surface area contributed by atoms with E-state index in [0.29, 0.717) is 11.5 Å². The summed E-state index contributed by atoms with van der Waals surface area (Å²) in [4.78, 5) is 14.9. The van der Waals surface area contributed by atoms with Crippen molar-refractivity contribution in [1.29, 1.82) is 0 Å². The third-order valence-corrected chi connectivity index (χ3v) is 2.61. The van der Waals surface area contributed by atoms with Crippen LogP contribution in [0.3, 0.4) is 0 Å². The molecule has 6 heteroatoms. The zero-order chi connectivity index (χ0) is 13.7. The largest absolute Gasteiger partial charge is 0.363 e. The molecule has 0 radical (unpaired) electrons. The van der Waals surface area contributed by atoms with Gasteiger partial charge in [-0.2, -0.15) is 15.2 Å². The summed E-state index contributed by atoms with van der Waals surface area (Å²) in [5.41, 5.74) is 4.81. The molecular weight excluding hydrogens is 242 g/mol. The molecule has 2 aromatic rings. The molecule has 98 valence electrons. The van der Waals surface area contributed by atoms with E-state index in [9.17, 15) is 4.79 Å². The maximum Gasteiger partial charge on any atom is 0.363 e. The third kappa shape index (κ3) is 3.25. The molecule has 2 N–H and O–H groups in total. The summed E-state index contributed by atoms with van der Waals surface area (Å²) in [7, 11) is 0. The Hall–Kier alpha value is -2.50. The maximum absolute atomic E-state index is 11.1. The predicted molar refractivity (Wildman–Crippen MR) is 74.3 cm³/mol. The van der Waals surface area contributed by atoms with Crippen molar-refractivity contribution in [2.24, 2.45) is 5.10 Å². The summed E-state index contributed by atoms with van der Waals surface area (Å²) >= 11 is 0. The number of H-pyrrole nitrogens is 1. The van der Waals surface area contributed by atoms with Crippen LogP contribution in [0.15, 0.2) is 40.2 Å². The molecule has 19 heavy (non-hydrogen) atoms. The molecule has 0 saturated carbocycles. The molecule has 1 heterocycles. The van der Waals surface area contributed by atoms with E-state index in [2.05, 4.69) is 25.7 Å². The highest BCUT2D eigenvalue weighted by Gasteiger charge is 2.03. The lowest BCUT2D eigenvalue weighted by atomic mass is 10.1. The van der Waals surface area contributed by atoms with Crippen LogP contribution >= 0.6 is 0 Å². The lowest BCUT2D eigenvalue weighted by Gasteiger charge is -2.06. The van der Waals surface area contributed by atoms with Crippen molar-refractivity contribution in [1.82, 2.24) is 15.2 Å². The Balaban J connectivity index is 2.25. The van der Waals surface area contributed by atoms with E-state index in [4.69, 9.17) is 0 Å². The van der Waals surface area contributed by atoms with Crippen LogP contribution < -0.4 is 11.1 Å². The van der Waals surface area contributed by atoms with Gasteiger partial charge < -0.3 is 0 Å². The van der Waals surface area contributed by atoms with Crippen molar-refractivity contribution in [3.8, 4) is 0 Å². The monoisotopic (exact) mass is 257 g/mol. The molecule has 0 fully saturated rings. The van der Waals surface area contributed by atoms with Gasteiger partial charge in [-0.1, -0.05) is 37.3 Å². The van der Waals surface area contributed by atoms with E-state index in [1.807, 2.05) is 37.3 Å². The van der Waals surface area contributed by atoms with Crippen molar-refractivity contribution in [3.05, 3.63) is 52.1 Å². The van der Waals surface area contributed by atoms with Crippen LogP contribution in [-0.2, 0) is 0 Å². The number of aryl methyl sites for hydroxylation is 1. The van der Waals surface area contributed by atoms with Crippen LogP contribution in [0.2, 0.25) is 0 Å². The fourth-order valence-electron chi connectivity index (χ4n) is 1.60. The van der Waals surface area contributed by atoms with Crippen LogP contribution in [-0.4, -0.2) is 20.9 Å². The number of hydrogen-bond acceptors (Lipinski definition) is 5. The SMILES string of the molecule is CC/C(=N/Nc1nc(=O)[nH]nc1C)c1ccccc1. The Labute approximate surface area is 110 Å². The highest BCUT2D eigenvalue weighted by molar-refractivity contribution is 6.00. The van der Waals surface area contributed by atoms with E-state index in [0.717, 1.165) is 17.7 Å². The van der Waals surface area contributed by atoms with Gasteiger partial charge in [-0.25, -0.2) is 9.89 Å². The zero-order valence-electron chi connectivity index (χ0n) is 10.8. The summed E-state index contributed by atoms with van der Waals surface area (Å²) in [5.74, 6) is 0.366. The van der Waals surface area contributed by atoms with E-state index >= 15 is 0 Å². The number of hydrazone groups is 1. The molecule has 0 aliphatic heterocycles.